The Morgan fingerprint density at radius 3 is 0.746 bits per heavy atom. The van der Waals surface area contributed by atoms with Gasteiger partial charge in [0.2, 0.25) is 35.4 Å². The molecule has 9 N–H and O–H groups in total. The summed E-state index contributed by atoms with van der Waals surface area (Å²) in [7, 11) is 1.44. The number of hydrogen-bond donors (Lipinski definition) is 9. The van der Waals surface area contributed by atoms with Gasteiger partial charge in [-0.1, -0.05) is 26.7 Å². The lowest BCUT2D eigenvalue weighted by Crippen LogP contribution is -2.36. The first-order valence-electron chi connectivity index (χ1n) is 44.2. The molecule has 3 rings (SSSR count). The van der Waals surface area contributed by atoms with Crippen molar-refractivity contribution in [2.24, 2.45) is 0 Å². The first-order valence-corrected chi connectivity index (χ1v) is 44.2. The highest BCUT2D eigenvalue weighted by Crippen LogP contribution is 2.21. The molecule has 0 spiro atoms. The number of benzene rings is 3. The summed E-state index contributed by atoms with van der Waals surface area (Å²) in [5.41, 5.74) is -3.50. The molecule has 0 radical (unpaired) electrons. The molecule has 0 aliphatic heterocycles. The summed E-state index contributed by atoms with van der Waals surface area (Å²) in [5.74, 6) is -9.53. The number of aliphatic hydroxyl groups is 3. The molecule has 3 aromatic rings. The summed E-state index contributed by atoms with van der Waals surface area (Å²) in [6, 6.07) is 18.3. The third-order valence-corrected chi connectivity index (χ3v) is 17.0. The second kappa shape index (κ2) is 74.2. The average Bonchev–Trinajstić information content (AvgIpc) is 0.856. The van der Waals surface area contributed by atoms with Gasteiger partial charge in [0, 0.05) is 87.9 Å². The van der Waals surface area contributed by atoms with Gasteiger partial charge in [-0.2, -0.15) is 0 Å². The van der Waals surface area contributed by atoms with Gasteiger partial charge in [-0.15, -0.1) is 0 Å². The minimum atomic E-state index is -1.49. The molecule has 0 atom stereocenters. The van der Waals surface area contributed by atoms with E-state index in [4.69, 9.17) is 61.6 Å². The standard InChI is InChI=1S/C32H40N2O12.C30H42N2O12.C17H27NO7.C15H23NO7/c1-31(2,41)29(39)21-5-9-23(10-6-21)43-15-17-45-27(37)19-25(35)33-13-14-34-26(36)20-28(38)46-18-16-44-24-11-7-22(8-12-24)30(40)32(3,4)42;1-4-40-16-17-43-26(35)8-6-5-7-15-42-27(36)20-24(33)31-13-14-32-25(34)21-28(37)44-19-18-41-23-11-9-22(10-12-23)29(38)30(2,3)39;1-3-9-18-14(19)13-17(22)23-10-7-5-6-8-16(21)25-12-11-24-15(20)4-2;1-3-13(18)22-9-10-23-14(19)7-5-4-6-8-21-15(20)11-12(17)16-2/h5-12,41-42H,13-20H2,1-4H3,(H,33,35)(H,34,36);4,9-12,39H,1,5-8,13-21H2,2-3H3,(H,31,33)(H,32,34);4H,2-3,5-13H2,1H3,(H,18,19);3H,1,4-11H2,2H3,(H,16,17). The summed E-state index contributed by atoms with van der Waals surface area (Å²) >= 11 is 0. The van der Waals surface area contributed by atoms with Gasteiger partial charge in [0.25, 0.3) is 0 Å². The number of ether oxygens (including phenoxy) is 15. The average molecular weight is 1950 g/mol. The predicted octanol–water partition coefficient (Wildman–Crippen LogP) is 4.31. The third-order valence-electron chi connectivity index (χ3n) is 17.0. The van der Waals surface area contributed by atoms with E-state index < -0.39 is 137 Å². The first-order chi connectivity index (χ1) is 65.5. The van der Waals surface area contributed by atoms with Gasteiger partial charge < -0.3 is 118 Å². The summed E-state index contributed by atoms with van der Waals surface area (Å²) in [6.45, 7) is 21.4. The Labute approximate surface area is 800 Å². The zero-order chi connectivity index (χ0) is 104. The van der Waals surface area contributed by atoms with Crippen LogP contribution in [0.1, 0.15) is 202 Å². The Kier molecular flexibility index (Phi) is 66.7. The van der Waals surface area contributed by atoms with Crippen LogP contribution >= 0.6 is 0 Å². The number of rotatable bonds is 68. The van der Waals surface area contributed by atoms with Crippen LogP contribution in [-0.2, 0) is 138 Å². The number of carbonyl (C=O) groups is 20. The van der Waals surface area contributed by atoms with Crippen LogP contribution in [0.25, 0.3) is 0 Å². The molecule has 0 aliphatic carbocycles. The van der Waals surface area contributed by atoms with Gasteiger partial charge in [-0.25, -0.2) is 9.59 Å². The van der Waals surface area contributed by atoms with Gasteiger partial charge in [-0.3, -0.25) is 86.3 Å². The molecular formula is C94H132N6O38. The maximum absolute atomic E-state index is 12.0. The van der Waals surface area contributed by atoms with Crippen molar-refractivity contribution < 1.29 is 182 Å². The summed E-state index contributed by atoms with van der Waals surface area (Å²) in [6.07, 6.45) is 7.72. The normalized spacial score (nSPS) is 10.5. The van der Waals surface area contributed by atoms with E-state index in [1.165, 1.54) is 91.3 Å². The zero-order valence-corrected chi connectivity index (χ0v) is 79.5. The number of carbonyl (C=O) groups excluding carboxylic acids is 20. The fourth-order valence-corrected chi connectivity index (χ4v) is 10.1. The second-order valence-electron chi connectivity index (χ2n) is 30.5. The van der Waals surface area contributed by atoms with Crippen LogP contribution in [-0.4, -0.2) is 289 Å². The number of esters is 11. The Balaban J connectivity index is 0.00000189. The van der Waals surface area contributed by atoms with E-state index in [0.29, 0.717) is 98.3 Å². The largest absolute Gasteiger partial charge is 0.498 e. The van der Waals surface area contributed by atoms with Crippen molar-refractivity contribution >= 4 is 118 Å². The van der Waals surface area contributed by atoms with E-state index in [1.807, 2.05) is 6.92 Å². The molecule has 44 heteroatoms. The van der Waals surface area contributed by atoms with Gasteiger partial charge >= 0.3 is 65.7 Å². The van der Waals surface area contributed by atoms with Crippen molar-refractivity contribution in [3.63, 3.8) is 0 Å². The topological polar surface area (TPSA) is 613 Å². The Morgan fingerprint density at radius 1 is 0.283 bits per heavy atom. The van der Waals surface area contributed by atoms with Crippen molar-refractivity contribution in [2.45, 2.75) is 187 Å². The molecule has 0 aliphatic rings. The number of unbranched alkanes of at least 4 members (excludes halogenated alkanes) is 6. The van der Waals surface area contributed by atoms with Crippen molar-refractivity contribution in [1.29, 1.82) is 0 Å². The van der Waals surface area contributed by atoms with E-state index in [-0.39, 0.29) is 181 Å². The van der Waals surface area contributed by atoms with E-state index in [2.05, 4.69) is 61.1 Å². The predicted molar refractivity (Wildman–Crippen MR) is 487 cm³/mol. The monoisotopic (exact) mass is 1950 g/mol. The van der Waals surface area contributed by atoms with Crippen LogP contribution in [0, 0.1) is 0 Å². The zero-order valence-electron chi connectivity index (χ0n) is 79.5. The number of ketones is 3. The minimum absolute atomic E-state index is 0.00161. The van der Waals surface area contributed by atoms with Gasteiger partial charge in [0.05, 0.1) is 26.1 Å². The lowest BCUT2D eigenvalue weighted by atomic mass is 9.97. The minimum Gasteiger partial charge on any atom is -0.498 e. The number of amides is 6. The van der Waals surface area contributed by atoms with Gasteiger partial charge in [0.15, 0.2) is 17.3 Å². The SMILES string of the molecule is C=CC(=O)OCCOC(=O)CCCCCOC(=O)CC(=O)NC.C=CC(=O)OCCOC(=O)CCCCCOC(=O)CC(=O)NCCC.C=COCCOC(=O)CCCCCOC(=O)CC(=O)NCCNC(=O)CC(=O)OCCOc1ccc(C(=O)C(C)(C)O)cc1.CC(C)(O)C(=O)c1ccc(OCCOC(=O)CC(=O)NCCNC(=O)CC(=O)OCCOc2ccc(C(=O)C(C)(C)O)cc2)cc1. The molecule has 0 unspecified atom stereocenters. The maximum Gasteiger partial charge on any atom is 0.330 e. The molecule has 0 fully saturated rings. The molecule has 6 amide bonds. The summed E-state index contributed by atoms with van der Waals surface area (Å²) in [5, 5.41) is 44.1. The van der Waals surface area contributed by atoms with Crippen LogP contribution in [0.3, 0.4) is 0 Å². The van der Waals surface area contributed by atoms with Gasteiger partial charge in [-0.05, 0) is 179 Å². The lowest BCUT2D eigenvalue weighted by molar-refractivity contribution is -0.150. The molecule has 0 heterocycles. The molecule has 44 nitrogen and oxygen atoms in total. The second-order valence-corrected chi connectivity index (χ2v) is 30.5. The van der Waals surface area contributed by atoms with Crippen molar-refractivity contribution in [3.05, 3.63) is 128 Å². The molecule has 0 saturated carbocycles. The molecule has 3 aromatic carbocycles. The number of hydrogen-bond acceptors (Lipinski definition) is 38. The van der Waals surface area contributed by atoms with E-state index in [9.17, 15) is 111 Å². The maximum atomic E-state index is 12.0. The van der Waals surface area contributed by atoms with Crippen molar-refractivity contribution in [3.8, 4) is 17.2 Å². The molecule has 0 saturated heterocycles. The molecule has 0 aromatic heterocycles. The van der Waals surface area contributed by atoms with E-state index >= 15 is 0 Å². The summed E-state index contributed by atoms with van der Waals surface area (Å²) < 4.78 is 74.8. The van der Waals surface area contributed by atoms with Crippen molar-refractivity contribution in [1.82, 2.24) is 31.9 Å². The van der Waals surface area contributed by atoms with Crippen LogP contribution in [0.5, 0.6) is 17.2 Å². The number of Topliss-reactive ketones (excluding diaryl/α,β-unsaturated/α-hetero) is 3. The fourth-order valence-electron chi connectivity index (χ4n) is 10.1. The van der Waals surface area contributed by atoms with E-state index in [1.54, 1.807) is 36.4 Å². The Hall–Kier alpha value is -14.0. The Morgan fingerprint density at radius 2 is 0.507 bits per heavy atom. The quantitative estimate of drug-likeness (QED) is 0.00723. The van der Waals surface area contributed by atoms with E-state index in [0.717, 1.165) is 18.6 Å². The smallest absolute Gasteiger partial charge is 0.330 e. The highest BCUT2D eigenvalue weighted by atomic mass is 16.6. The molecule has 766 valence electrons. The lowest BCUT2D eigenvalue weighted by Gasteiger charge is -2.15. The molecule has 138 heavy (non-hydrogen) atoms. The highest BCUT2D eigenvalue weighted by molar-refractivity contribution is 6.03. The highest BCUT2D eigenvalue weighted by Gasteiger charge is 2.28. The molecule has 0 bridgehead atoms. The summed E-state index contributed by atoms with van der Waals surface area (Å²) in [4.78, 5) is 231. The van der Waals surface area contributed by atoms with Crippen molar-refractivity contribution in [2.75, 3.05) is 139 Å². The third kappa shape index (κ3) is 68.0. The number of nitrogens with one attached hydrogen (secondary N) is 6. The Bertz CT molecular complexity index is 4230. The fraction of sp³-hybridized carbons (Fsp3) is 0.532. The van der Waals surface area contributed by atoms with Crippen LogP contribution in [0.4, 0.5) is 0 Å². The van der Waals surface area contributed by atoms with Crippen LogP contribution in [0.2, 0.25) is 0 Å². The first kappa shape index (κ1) is 124. The van der Waals surface area contributed by atoms with Gasteiger partial charge in [0.1, 0.15) is 152 Å². The van der Waals surface area contributed by atoms with Crippen LogP contribution < -0.4 is 46.1 Å². The van der Waals surface area contributed by atoms with Crippen LogP contribution in [0.15, 0.2) is 111 Å². The molecular weight excluding hydrogens is 1820 g/mol.